The van der Waals surface area contributed by atoms with E-state index >= 15 is 0 Å². The Morgan fingerprint density at radius 3 is 2.79 bits per heavy atom. The van der Waals surface area contributed by atoms with Gasteiger partial charge in [-0.1, -0.05) is 18.2 Å². The van der Waals surface area contributed by atoms with Crippen molar-refractivity contribution in [2.75, 3.05) is 0 Å². The van der Waals surface area contributed by atoms with Gasteiger partial charge in [0.05, 0.1) is 13.2 Å². The third-order valence-electron chi connectivity index (χ3n) is 3.23. The van der Waals surface area contributed by atoms with E-state index in [9.17, 15) is 0 Å². The van der Waals surface area contributed by atoms with Crippen LogP contribution in [0.4, 0.5) is 0 Å². The first-order chi connectivity index (χ1) is 6.75. The Bertz CT molecular complexity index is 369. The number of ether oxygens (including phenoxy) is 1. The van der Waals surface area contributed by atoms with Crippen LogP contribution in [0, 0.1) is 0 Å². The van der Waals surface area contributed by atoms with Crippen molar-refractivity contribution in [3.63, 3.8) is 0 Å². The van der Waals surface area contributed by atoms with Gasteiger partial charge in [0.2, 0.25) is 0 Å². The Hall–Kier alpha value is -0.860. The first-order valence-corrected chi connectivity index (χ1v) is 5.23. The molecule has 3 rings (SSSR count). The van der Waals surface area contributed by atoms with Crippen molar-refractivity contribution in [3.8, 4) is 0 Å². The SMILES string of the molecule is NC1(Cc2ccc3c(c2)COC3)CC1. The number of hydrogen-bond donors (Lipinski definition) is 1. The minimum atomic E-state index is 0.119. The van der Waals surface area contributed by atoms with Crippen molar-refractivity contribution in [2.45, 2.75) is 38.0 Å². The maximum atomic E-state index is 6.09. The summed E-state index contributed by atoms with van der Waals surface area (Å²) in [5.74, 6) is 0. The van der Waals surface area contributed by atoms with E-state index in [2.05, 4.69) is 18.2 Å². The fourth-order valence-corrected chi connectivity index (χ4v) is 2.08. The largest absolute Gasteiger partial charge is 0.372 e. The Kier molecular flexibility index (Phi) is 1.70. The van der Waals surface area contributed by atoms with Crippen LogP contribution in [0.3, 0.4) is 0 Å². The van der Waals surface area contributed by atoms with Gasteiger partial charge in [0.1, 0.15) is 0 Å². The summed E-state index contributed by atoms with van der Waals surface area (Å²) in [6.07, 6.45) is 3.39. The van der Waals surface area contributed by atoms with E-state index in [1.807, 2.05) is 0 Å². The Labute approximate surface area is 84.1 Å². The molecule has 0 aromatic heterocycles. The fraction of sp³-hybridized carbons (Fsp3) is 0.500. The quantitative estimate of drug-likeness (QED) is 0.769. The van der Waals surface area contributed by atoms with Crippen LogP contribution in [0.2, 0.25) is 0 Å². The van der Waals surface area contributed by atoms with Gasteiger partial charge in [-0.25, -0.2) is 0 Å². The number of benzene rings is 1. The van der Waals surface area contributed by atoms with Crippen LogP contribution >= 0.6 is 0 Å². The van der Waals surface area contributed by atoms with Crippen LogP contribution in [-0.2, 0) is 24.4 Å². The summed E-state index contributed by atoms with van der Waals surface area (Å²) in [5.41, 5.74) is 10.3. The van der Waals surface area contributed by atoms with E-state index in [0.717, 1.165) is 19.6 Å². The first-order valence-electron chi connectivity index (χ1n) is 5.23. The zero-order valence-electron chi connectivity index (χ0n) is 8.25. The second-order valence-electron chi connectivity index (χ2n) is 4.64. The van der Waals surface area contributed by atoms with Crippen molar-refractivity contribution < 1.29 is 4.74 Å². The lowest BCUT2D eigenvalue weighted by atomic mass is 10.0. The van der Waals surface area contributed by atoms with Gasteiger partial charge < -0.3 is 10.5 Å². The fourth-order valence-electron chi connectivity index (χ4n) is 2.08. The van der Waals surface area contributed by atoms with E-state index in [0.29, 0.717) is 0 Å². The molecule has 2 heteroatoms. The summed E-state index contributed by atoms with van der Waals surface area (Å²) in [6.45, 7) is 1.56. The molecule has 0 bridgehead atoms. The van der Waals surface area contributed by atoms with Gasteiger partial charge in [-0.15, -0.1) is 0 Å². The van der Waals surface area contributed by atoms with Crippen LogP contribution in [0.15, 0.2) is 18.2 Å². The Morgan fingerprint density at radius 1 is 1.21 bits per heavy atom. The van der Waals surface area contributed by atoms with Gasteiger partial charge >= 0.3 is 0 Å². The van der Waals surface area contributed by atoms with E-state index in [-0.39, 0.29) is 5.54 Å². The van der Waals surface area contributed by atoms with Crippen LogP contribution in [-0.4, -0.2) is 5.54 Å². The van der Waals surface area contributed by atoms with Crippen LogP contribution in [0.1, 0.15) is 29.5 Å². The van der Waals surface area contributed by atoms with Crippen molar-refractivity contribution in [2.24, 2.45) is 5.73 Å². The van der Waals surface area contributed by atoms with Crippen molar-refractivity contribution in [3.05, 3.63) is 34.9 Å². The van der Waals surface area contributed by atoms with Crippen LogP contribution in [0.5, 0.6) is 0 Å². The van der Waals surface area contributed by atoms with Crippen LogP contribution in [0.25, 0.3) is 0 Å². The van der Waals surface area contributed by atoms with Gasteiger partial charge in [-0.05, 0) is 36.0 Å². The van der Waals surface area contributed by atoms with Crippen molar-refractivity contribution in [1.29, 1.82) is 0 Å². The minimum Gasteiger partial charge on any atom is -0.372 e. The zero-order chi connectivity index (χ0) is 9.60. The van der Waals surface area contributed by atoms with Crippen LogP contribution < -0.4 is 5.73 Å². The van der Waals surface area contributed by atoms with E-state index in [1.54, 1.807) is 0 Å². The molecule has 14 heavy (non-hydrogen) atoms. The summed E-state index contributed by atoms with van der Waals surface area (Å²) in [7, 11) is 0. The smallest absolute Gasteiger partial charge is 0.0725 e. The molecule has 2 nitrogen and oxygen atoms in total. The monoisotopic (exact) mass is 189 g/mol. The maximum absolute atomic E-state index is 6.09. The molecule has 1 aliphatic heterocycles. The molecule has 74 valence electrons. The first kappa shape index (κ1) is 8.45. The van der Waals surface area contributed by atoms with Crippen molar-refractivity contribution >= 4 is 0 Å². The topological polar surface area (TPSA) is 35.2 Å². The van der Waals surface area contributed by atoms with E-state index in [1.165, 1.54) is 29.5 Å². The number of hydrogen-bond acceptors (Lipinski definition) is 2. The third kappa shape index (κ3) is 1.45. The average molecular weight is 189 g/mol. The minimum absolute atomic E-state index is 0.119. The summed E-state index contributed by atoms with van der Waals surface area (Å²) < 4.78 is 5.38. The van der Waals surface area contributed by atoms with E-state index in [4.69, 9.17) is 10.5 Å². The molecule has 1 aromatic carbocycles. The highest BCUT2D eigenvalue weighted by molar-refractivity contribution is 5.34. The van der Waals surface area contributed by atoms with Crippen molar-refractivity contribution in [1.82, 2.24) is 0 Å². The lowest BCUT2D eigenvalue weighted by Gasteiger charge is -2.09. The number of rotatable bonds is 2. The lowest BCUT2D eigenvalue weighted by Crippen LogP contribution is -2.24. The molecule has 0 atom stereocenters. The number of fused-ring (bicyclic) bond motifs is 1. The molecular weight excluding hydrogens is 174 g/mol. The highest BCUT2D eigenvalue weighted by Crippen LogP contribution is 2.36. The second-order valence-corrected chi connectivity index (χ2v) is 4.64. The predicted molar refractivity (Wildman–Crippen MR) is 54.8 cm³/mol. The average Bonchev–Trinajstić information content (AvgIpc) is 2.73. The molecule has 1 aromatic rings. The normalized spacial score (nSPS) is 22.1. The highest BCUT2D eigenvalue weighted by atomic mass is 16.5. The molecule has 0 unspecified atom stereocenters. The molecule has 1 saturated carbocycles. The highest BCUT2D eigenvalue weighted by Gasteiger charge is 2.38. The maximum Gasteiger partial charge on any atom is 0.0725 e. The molecule has 0 amide bonds. The summed E-state index contributed by atoms with van der Waals surface area (Å²) in [5, 5.41) is 0. The Morgan fingerprint density at radius 2 is 2.00 bits per heavy atom. The standard InChI is InChI=1S/C12H15NO/c13-12(3-4-12)6-9-1-2-10-7-14-8-11(10)5-9/h1-2,5H,3-4,6-8,13H2. The number of nitrogens with two attached hydrogens (primary N) is 1. The van der Waals surface area contributed by atoms with Gasteiger partial charge in [-0.2, -0.15) is 0 Å². The Balaban J connectivity index is 1.85. The lowest BCUT2D eigenvalue weighted by molar-refractivity contribution is 0.134. The second kappa shape index (κ2) is 2.81. The van der Waals surface area contributed by atoms with Gasteiger partial charge in [0.25, 0.3) is 0 Å². The van der Waals surface area contributed by atoms with E-state index < -0.39 is 0 Å². The molecule has 2 N–H and O–H groups in total. The molecule has 1 heterocycles. The zero-order valence-corrected chi connectivity index (χ0v) is 8.25. The summed E-state index contributed by atoms with van der Waals surface area (Å²) >= 11 is 0. The summed E-state index contributed by atoms with van der Waals surface area (Å²) in [4.78, 5) is 0. The summed E-state index contributed by atoms with van der Waals surface area (Å²) in [6, 6.07) is 6.64. The predicted octanol–water partition coefficient (Wildman–Crippen LogP) is 1.75. The molecule has 0 radical (unpaired) electrons. The molecular formula is C12H15NO. The molecule has 1 fully saturated rings. The molecule has 2 aliphatic rings. The molecule has 0 spiro atoms. The molecule has 1 aliphatic carbocycles. The van der Waals surface area contributed by atoms with Gasteiger partial charge in [-0.3, -0.25) is 0 Å². The molecule has 0 saturated heterocycles. The van der Waals surface area contributed by atoms with Gasteiger partial charge in [0.15, 0.2) is 0 Å². The van der Waals surface area contributed by atoms with Gasteiger partial charge in [0, 0.05) is 5.54 Å². The third-order valence-corrected chi connectivity index (χ3v) is 3.23.